The molecule has 0 unspecified atom stereocenters. The van der Waals surface area contributed by atoms with Crippen molar-refractivity contribution in [2.45, 2.75) is 6.92 Å². The number of carbonyl (C=O) groups is 1. The second kappa shape index (κ2) is 4.57. The minimum Gasteiger partial charge on any atom is -0.453 e. The fraction of sp³-hybridized carbons (Fsp3) is 0.0556. The van der Waals surface area contributed by atoms with Gasteiger partial charge in [0.05, 0.1) is 4.88 Å². The first-order chi connectivity index (χ1) is 10.2. The maximum atomic E-state index is 12.6. The summed E-state index contributed by atoms with van der Waals surface area (Å²) in [4.78, 5) is 13.3. The number of rotatable bonds is 2. The van der Waals surface area contributed by atoms with Crippen LogP contribution in [0.5, 0.6) is 0 Å². The molecule has 0 amide bonds. The van der Waals surface area contributed by atoms with Crippen molar-refractivity contribution >= 4 is 38.2 Å². The first kappa shape index (κ1) is 12.4. The van der Waals surface area contributed by atoms with E-state index in [9.17, 15) is 4.79 Å². The molecular weight excluding hydrogens is 280 g/mol. The second-order valence-electron chi connectivity index (χ2n) is 5.13. The van der Waals surface area contributed by atoms with Crippen LogP contribution in [0.15, 0.2) is 59.0 Å². The fourth-order valence-corrected chi connectivity index (χ4v) is 3.50. The molecule has 2 aromatic heterocycles. The molecule has 0 atom stereocenters. The van der Waals surface area contributed by atoms with E-state index < -0.39 is 0 Å². The monoisotopic (exact) mass is 292 g/mol. The number of hydrogen-bond donors (Lipinski definition) is 0. The number of carbonyl (C=O) groups excluding carboxylic acids is 1. The molecule has 2 aromatic carbocycles. The van der Waals surface area contributed by atoms with Gasteiger partial charge in [0.15, 0.2) is 5.76 Å². The number of furan rings is 1. The van der Waals surface area contributed by atoms with Crippen LogP contribution in [0.1, 0.15) is 21.0 Å². The Balaban J connectivity index is 1.81. The SMILES string of the molecule is Cc1ccc2oc(C(=O)c3cc4ccccc4s3)cc2c1. The molecule has 102 valence electrons. The summed E-state index contributed by atoms with van der Waals surface area (Å²) in [6.07, 6.45) is 0. The third-order valence-corrected chi connectivity index (χ3v) is 4.66. The average molecular weight is 292 g/mol. The van der Waals surface area contributed by atoms with Crippen LogP contribution in [0.4, 0.5) is 0 Å². The summed E-state index contributed by atoms with van der Waals surface area (Å²) in [6.45, 7) is 2.03. The van der Waals surface area contributed by atoms with Crippen molar-refractivity contribution in [1.82, 2.24) is 0 Å². The van der Waals surface area contributed by atoms with Gasteiger partial charge in [-0.2, -0.15) is 0 Å². The molecule has 0 fully saturated rings. The summed E-state index contributed by atoms with van der Waals surface area (Å²) in [7, 11) is 0. The third kappa shape index (κ3) is 2.06. The van der Waals surface area contributed by atoms with Crippen LogP contribution >= 0.6 is 11.3 Å². The minimum absolute atomic E-state index is 0.0509. The zero-order chi connectivity index (χ0) is 14.4. The summed E-state index contributed by atoms with van der Waals surface area (Å²) in [5.41, 5.74) is 1.91. The minimum atomic E-state index is -0.0509. The second-order valence-corrected chi connectivity index (χ2v) is 6.21. The molecular formula is C18H12O2S. The standard InChI is InChI=1S/C18H12O2S/c1-11-6-7-14-13(8-11)9-15(20-14)18(19)17-10-12-4-2-3-5-16(12)21-17/h2-10H,1H3. The third-order valence-electron chi connectivity index (χ3n) is 3.54. The Bertz CT molecular complexity index is 942. The average Bonchev–Trinajstić information content (AvgIpc) is 3.09. The maximum absolute atomic E-state index is 12.6. The van der Waals surface area contributed by atoms with E-state index in [1.165, 1.54) is 11.3 Å². The van der Waals surface area contributed by atoms with Gasteiger partial charge in [0.1, 0.15) is 5.58 Å². The van der Waals surface area contributed by atoms with Crippen LogP contribution in [0.25, 0.3) is 21.1 Å². The van der Waals surface area contributed by atoms with Crippen LogP contribution in [0, 0.1) is 6.92 Å². The molecule has 0 aliphatic rings. The molecule has 0 saturated carbocycles. The van der Waals surface area contributed by atoms with E-state index in [1.807, 2.05) is 61.5 Å². The normalized spacial score (nSPS) is 11.3. The van der Waals surface area contributed by atoms with Crippen LogP contribution in [0.3, 0.4) is 0 Å². The van der Waals surface area contributed by atoms with Gasteiger partial charge in [0.25, 0.3) is 0 Å². The predicted molar refractivity (Wildman–Crippen MR) is 86.2 cm³/mol. The van der Waals surface area contributed by atoms with Gasteiger partial charge < -0.3 is 4.42 Å². The summed E-state index contributed by atoms with van der Waals surface area (Å²) < 4.78 is 6.81. The molecule has 0 aliphatic carbocycles. The lowest BCUT2D eigenvalue weighted by atomic mass is 10.1. The van der Waals surface area contributed by atoms with Crippen LogP contribution in [-0.4, -0.2) is 5.78 Å². The molecule has 2 nitrogen and oxygen atoms in total. The van der Waals surface area contributed by atoms with E-state index >= 15 is 0 Å². The Morgan fingerprint density at radius 1 is 1.00 bits per heavy atom. The Hall–Kier alpha value is -2.39. The smallest absolute Gasteiger partial charge is 0.238 e. The summed E-state index contributed by atoms with van der Waals surface area (Å²) in [5.74, 6) is 0.354. The zero-order valence-corrected chi connectivity index (χ0v) is 12.2. The summed E-state index contributed by atoms with van der Waals surface area (Å²) >= 11 is 1.50. The van der Waals surface area contributed by atoms with Crippen molar-refractivity contribution in [1.29, 1.82) is 0 Å². The molecule has 0 N–H and O–H groups in total. The fourth-order valence-electron chi connectivity index (χ4n) is 2.49. The highest BCUT2D eigenvalue weighted by molar-refractivity contribution is 7.21. The Labute approximate surface area is 125 Å². The Morgan fingerprint density at radius 3 is 2.71 bits per heavy atom. The zero-order valence-electron chi connectivity index (χ0n) is 11.4. The molecule has 0 aliphatic heterocycles. The number of aryl methyl sites for hydroxylation is 1. The lowest BCUT2D eigenvalue weighted by Crippen LogP contribution is -1.95. The molecule has 4 rings (SSSR count). The van der Waals surface area contributed by atoms with E-state index in [0.717, 1.165) is 26.6 Å². The number of fused-ring (bicyclic) bond motifs is 2. The van der Waals surface area contributed by atoms with Gasteiger partial charge in [0, 0.05) is 10.1 Å². The Morgan fingerprint density at radius 2 is 1.86 bits per heavy atom. The summed E-state index contributed by atoms with van der Waals surface area (Å²) in [5, 5.41) is 2.07. The molecule has 0 spiro atoms. The number of benzene rings is 2. The topological polar surface area (TPSA) is 30.2 Å². The van der Waals surface area contributed by atoms with Gasteiger partial charge in [-0.15, -0.1) is 11.3 Å². The summed E-state index contributed by atoms with van der Waals surface area (Å²) in [6, 6.07) is 17.7. The highest BCUT2D eigenvalue weighted by atomic mass is 32.1. The van der Waals surface area contributed by atoms with E-state index in [4.69, 9.17) is 4.42 Å². The lowest BCUT2D eigenvalue weighted by molar-refractivity contribution is 0.101. The highest BCUT2D eigenvalue weighted by Crippen LogP contribution is 2.29. The van der Waals surface area contributed by atoms with Crippen molar-refractivity contribution in [2.75, 3.05) is 0 Å². The lowest BCUT2D eigenvalue weighted by Gasteiger charge is -1.91. The van der Waals surface area contributed by atoms with Gasteiger partial charge in [0.2, 0.25) is 5.78 Å². The van der Waals surface area contributed by atoms with Gasteiger partial charge >= 0.3 is 0 Å². The van der Waals surface area contributed by atoms with Crippen molar-refractivity contribution in [3.8, 4) is 0 Å². The number of thiophene rings is 1. The quantitative estimate of drug-likeness (QED) is 0.476. The van der Waals surface area contributed by atoms with E-state index in [0.29, 0.717) is 10.6 Å². The van der Waals surface area contributed by atoms with Crippen molar-refractivity contribution in [3.05, 3.63) is 70.8 Å². The van der Waals surface area contributed by atoms with Crippen LogP contribution in [-0.2, 0) is 0 Å². The van der Waals surface area contributed by atoms with Crippen molar-refractivity contribution in [3.63, 3.8) is 0 Å². The Kier molecular flexibility index (Phi) is 2.69. The largest absolute Gasteiger partial charge is 0.453 e. The van der Waals surface area contributed by atoms with Gasteiger partial charge in [-0.3, -0.25) is 4.79 Å². The molecule has 0 radical (unpaired) electrons. The maximum Gasteiger partial charge on any atom is 0.238 e. The van der Waals surface area contributed by atoms with Gasteiger partial charge in [-0.05, 0) is 42.6 Å². The van der Waals surface area contributed by atoms with Gasteiger partial charge in [-0.25, -0.2) is 0 Å². The van der Waals surface area contributed by atoms with Crippen molar-refractivity contribution in [2.24, 2.45) is 0 Å². The number of ketones is 1. The van der Waals surface area contributed by atoms with Crippen LogP contribution in [0.2, 0.25) is 0 Å². The molecule has 3 heteroatoms. The van der Waals surface area contributed by atoms with Crippen molar-refractivity contribution < 1.29 is 9.21 Å². The van der Waals surface area contributed by atoms with E-state index in [1.54, 1.807) is 0 Å². The van der Waals surface area contributed by atoms with E-state index in [2.05, 4.69) is 0 Å². The molecule has 2 heterocycles. The highest BCUT2D eigenvalue weighted by Gasteiger charge is 2.17. The molecule has 0 bridgehead atoms. The molecule has 0 saturated heterocycles. The van der Waals surface area contributed by atoms with E-state index in [-0.39, 0.29) is 5.78 Å². The van der Waals surface area contributed by atoms with Crippen LogP contribution < -0.4 is 0 Å². The molecule has 4 aromatic rings. The predicted octanol–water partition coefficient (Wildman–Crippen LogP) is 5.19. The van der Waals surface area contributed by atoms with Gasteiger partial charge in [-0.1, -0.05) is 29.8 Å². The number of hydrogen-bond acceptors (Lipinski definition) is 3. The first-order valence-corrected chi connectivity index (χ1v) is 7.56. The first-order valence-electron chi connectivity index (χ1n) is 6.74. The molecule has 21 heavy (non-hydrogen) atoms.